The van der Waals surface area contributed by atoms with Crippen molar-refractivity contribution < 1.29 is 102 Å². The van der Waals surface area contributed by atoms with Crippen LogP contribution in [0.1, 0.15) is 133 Å². The molecule has 2 bridgehead atoms. The van der Waals surface area contributed by atoms with E-state index in [9.17, 15) is 82.8 Å². The highest BCUT2D eigenvalue weighted by Gasteiger charge is 2.43. The van der Waals surface area contributed by atoms with Crippen LogP contribution >= 0.6 is 25.3 Å². The molecule has 4 aromatic rings. The normalized spacial score (nSPS) is 22.3. The molecular weight excluding hydrogens is 1580 g/mol. The first-order valence-corrected chi connectivity index (χ1v) is 40.1. The minimum Gasteiger partial charge on any atom is -0.508 e. The second-order valence-corrected chi connectivity index (χ2v) is 30.6. The van der Waals surface area contributed by atoms with Crippen molar-refractivity contribution in [3.8, 4) is 5.75 Å². The van der Waals surface area contributed by atoms with Gasteiger partial charge in [-0.2, -0.15) is 25.3 Å². The lowest BCUT2D eigenvalue weighted by Crippen LogP contribution is -2.52. The highest BCUT2D eigenvalue weighted by molar-refractivity contribution is 7.80. The van der Waals surface area contributed by atoms with Crippen LogP contribution in [0.3, 0.4) is 0 Å². The lowest BCUT2D eigenvalue weighted by molar-refractivity contribution is -0.148. The number of amides is 10. The number of aliphatic hydroxyl groups excluding tert-OH is 1. The second-order valence-electron chi connectivity index (χ2n) is 29.9. The number of Topliss-reactive ketones (excluding diaryl/α,β-unsaturated/α-hetero) is 6. The zero-order chi connectivity index (χ0) is 87.0. The van der Waals surface area contributed by atoms with Crippen molar-refractivity contribution in [1.29, 1.82) is 5.41 Å². The van der Waals surface area contributed by atoms with Gasteiger partial charge in [-0.25, -0.2) is 4.79 Å². The Labute approximate surface area is 690 Å². The number of aryl methyl sites for hydroxylation is 1. The lowest BCUT2D eigenvalue weighted by atomic mass is 9.88. The third-order valence-corrected chi connectivity index (χ3v) is 21.4. The van der Waals surface area contributed by atoms with E-state index in [1.165, 1.54) is 42.2 Å². The molecule has 0 aliphatic carbocycles. The second kappa shape index (κ2) is 47.3. The number of urea groups is 1. The molecule has 6 rings (SSSR count). The number of hydrogen-bond donors (Lipinski definition) is 19. The molecule has 0 saturated carbocycles. The number of likely N-dealkylation sites (N-methyl/N-ethyl adjacent to an activating group) is 1. The van der Waals surface area contributed by atoms with Gasteiger partial charge >= 0.3 is 18.0 Å². The van der Waals surface area contributed by atoms with Gasteiger partial charge in [0.1, 0.15) is 18.3 Å². The summed E-state index contributed by atoms with van der Waals surface area (Å²) in [6.45, 7) is -0.589. The fourth-order valence-electron chi connectivity index (χ4n) is 14.4. The van der Waals surface area contributed by atoms with Gasteiger partial charge in [0.05, 0.1) is 66.8 Å². The number of guanidine groups is 1. The molecule has 1 fully saturated rings. The van der Waals surface area contributed by atoms with E-state index in [4.69, 9.17) is 28.3 Å². The number of thiol groups is 2. The summed E-state index contributed by atoms with van der Waals surface area (Å²) in [7, 11) is 1.21. The van der Waals surface area contributed by atoms with E-state index in [2.05, 4.69) is 77.8 Å². The summed E-state index contributed by atoms with van der Waals surface area (Å²) >= 11 is 8.64. The molecule has 2 aliphatic heterocycles. The number of aromatic nitrogens is 4. The Morgan fingerprint density at radius 1 is 0.703 bits per heavy atom. The van der Waals surface area contributed by atoms with Crippen LogP contribution in [0, 0.1) is 40.9 Å². The van der Waals surface area contributed by atoms with Crippen LogP contribution in [0.25, 0.3) is 10.9 Å². The molecule has 21 N–H and O–H groups in total. The number of nitrogens with two attached hydrogens (primary N) is 4. The molecule has 39 nitrogen and oxygen atoms in total. The minimum atomic E-state index is -1.90. The van der Waals surface area contributed by atoms with Crippen LogP contribution in [0.4, 0.5) is 4.79 Å². The van der Waals surface area contributed by atoms with Gasteiger partial charge in [0.25, 0.3) is 0 Å². The molecule has 10 amide bonds. The van der Waals surface area contributed by atoms with E-state index in [-0.39, 0.29) is 108 Å². The number of aromatic amines is 1. The number of carboxylic acid groups (broad SMARTS) is 2. The highest BCUT2D eigenvalue weighted by atomic mass is 32.1. The summed E-state index contributed by atoms with van der Waals surface area (Å²) in [6.07, 6.45) is -6.42. The maximum absolute atomic E-state index is 15.4. The van der Waals surface area contributed by atoms with Crippen LogP contribution in [-0.4, -0.2) is 250 Å². The average Bonchev–Trinajstić information content (AvgIpc) is 1.59. The van der Waals surface area contributed by atoms with Crippen molar-refractivity contribution in [3.63, 3.8) is 0 Å². The number of aliphatic hydroxyl groups is 1. The summed E-state index contributed by atoms with van der Waals surface area (Å²) in [6, 6.07) is 2.47. The molecule has 1 saturated heterocycles. The number of ketones is 6. The summed E-state index contributed by atoms with van der Waals surface area (Å²) in [5.41, 5.74) is 23.7. The fourth-order valence-corrected chi connectivity index (χ4v) is 15.0. The van der Waals surface area contributed by atoms with Crippen molar-refractivity contribution >= 4 is 142 Å². The third-order valence-electron chi connectivity index (χ3n) is 20.7. The maximum atomic E-state index is 15.4. The number of rotatable bonds is 31. The van der Waals surface area contributed by atoms with Crippen molar-refractivity contribution in [3.05, 3.63) is 77.7 Å². The van der Waals surface area contributed by atoms with E-state index in [1.807, 2.05) is 0 Å². The summed E-state index contributed by atoms with van der Waals surface area (Å²) in [4.78, 5) is 245. The number of fused-ring (bicyclic) bond motifs is 4. The van der Waals surface area contributed by atoms with Gasteiger partial charge in [-0.05, 0) is 100 Å². The number of carbonyl (C=O) groups excluding carboxylic acids is 15. The molecule has 644 valence electrons. The number of primary amides is 2. The molecular formula is C77H108N18O21S2. The zero-order valence-electron chi connectivity index (χ0n) is 65.7. The third kappa shape index (κ3) is 30.4. The van der Waals surface area contributed by atoms with Crippen LogP contribution < -0.4 is 60.2 Å². The Morgan fingerprint density at radius 3 is 1.92 bits per heavy atom. The number of phenols is 1. The standard InChI is InChI=1S/C77H108N18O21S2/c1-41(96)69-64(103)33-48(34-67(106)107)75(115)95-24-8-14-58(95)63(102)30-44(9-5-21-83-76(80)81)71(111)89-57(40-118)61(100)28-43(10-6-22-84-77(82)116)70(110)88-55(27-49-36-85-53-12-4-3-11-52(49)53)60(99)29-45(17-20-65(79)104)72(112)87-54(59(98)32-47(74(114)93(2)38-68(108)109)25-42-15-18-51(97)19-16-42)13-7-23-94-37-50(91-92-94)26-46(73(113)90-69)31-62(101)56(39-117)86-66(105)35-78/h3-4,11-12,15-16,18-19,36-37,41,43-48,54-58,69,85,96-97,117-118H,5-10,13-14,17,20-35,38-40,78H2,1-2H3,(H2,79,104)(H,86,105)(H,87,112)(H,88,110)(H,89,111)(H,90,113)(H,106,107)(H,108,109)(H4,80,81,83)(H3,82,84,116)/t41-,43-,44-,45-,46-,47-,48+,54+,55+,56+,57+,58+,69+/m1/s1. The van der Waals surface area contributed by atoms with Crippen molar-refractivity contribution in [1.82, 2.24) is 67.0 Å². The number of nitrogens with one attached hydrogen (secondary N) is 9. The average molecular weight is 1690 g/mol. The molecule has 118 heavy (non-hydrogen) atoms. The number of aromatic hydroxyl groups is 1. The van der Waals surface area contributed by atoms with Gasteiger partial charge in [-0.1, -0.05) is 35.5 Å². The first-order chi connectivity index (χ1) is 56.0. The molecule has 13 atom stereocenters. The van der Waals surface area contributed by atoms with Crippen molar-refractivity contribution in [2.45, 2.75) is 184 Å². The van der Waals surface area contributed by atoms with Crippen LogP contribution in [0.15, 0.2) is 60.9 Å². The number of nitrogens with zero attached hydrogens (tertiary/aromatic N) is 5. The van der Waals surface area contributed by atoms with Crippen molar-refractivity contribution in [2.24, 2.45) is 58.4 Å². The fraction of sp³-hybridized carbons (Fsp3) is 0.558. The number of aliphatic carboxylic acids is 2. The molecule has 2 aliphatic rings. The van der Waals surface area contributed by atoms with Gasteiger partial charge in [-0.15, -0.1) is 5.10 Å². The summed E-state index contributed by atoms with van der Waals surface area (Å²) in [5.74, 6) is -25.2. The first-order valence-electron chi connectivity index (χ1n) is 38.9. The summed E-state index contributed by atoms with van der Waals surface area (Å²) in [5, 5.41) is 76.2. The smallest absolute Gasteiger partial charge is 0.323 e. The van der Waals surface area contributed by atoms with E-state index in [1.54, 1.807) is 30.5 Å². The highest BCUT2D eigenvalue weighted by Crippen LogP contribution is 2.30. The number of H-pyrrole nitrogens is 1. The molecule has 41 heteroatoms. The SMILES string of the molecule is C[C@@H](O)[C@@H]1NC(=O)[C@@H](CC(=O)[C@H](CS)NC(=O)CN)Cc2cn(nn2)CCC[C@@H](C(=O)C[C@@H](Cc2ccc(O)cc2)C(=O)N(C)CC(=O)O)NC(=O)[C@H](CCC(N)=O)CC(=O)[C@H](Cc2c[nH]c3ccccc23)NC(=O)[C@H](CCCNC(N)=O)CC(=O)[C@H](CS)NC(=O)[C@H](CCCNC(=N)N)CC(=O)[C@@H]2CCCN2C(=O)[C@H](CC(=O)O)CC1=O. The quantitative estimate of drug-likeness (QED) is 0.0116. The summed E-state index contributed by atoms with van der Waals surface area (Å²) < 4.78 is 1.26. The lowest BCUT2D eigenvalue weighted by Gasteiger charge is -2.30. The predicted molar refractivity (Wildman–Crippen MR) is 430 cm³/mol. The Kier molecular flexibility index (Phi) is 38.3. The Morgan fingerprint density at radius 2 is 1.31 bits per heavy atom. The maximum Gasteiger partial charge on any atom is 0.323 e. The van der Waals surface area contributed by atoms with Gasteiger partial charge in [0.2, 0.25) is 47.3 Å². The van der Waals surface area contributed by atoms with E-state index < -0.39 is 267 Å². The van der Waals surface area contributed by atoms with Gasteiger partial charge in [-0.3, -0.25) is 86.8 Å². The predicted octanol–water partition coefficient (Wildman–Crippen LogP) is -1.65. The molecule has 0 spiro atoms. The number of para-hydroxylation sites is 1. The van der Waals surface area contributed by atoms with E-state index in [0.29, 0.717) is 22.0 Å². The van der Waals surface area contributed by atoms with Crippen molar-refractivity contribution in [2.75, 3.05) is 51.3 Å². The first kappa shape index (κ1) is 95.6. The van der Waals surface area contributed by atoms with Gasteiger partial charge in [0, 0.05) is 149 Å². The van der Waals surface area contributed by atoms with Gasteiger partial charge < -0.3 is 95.4 Å². The molecule has 0 unspecified atom stereocenters. The minimum absolute atomic E-state index is 0.00172. The number of carboxylic acids is 2. The molecule has 0 radical (unpaired) electrons. The molecule has 4 heterocycles. The van der Waals surface area contributed by atoms with Crippen LogP contribution in [0.5, 0.6) is 5.75 Å². The van der Waals surface area contributed by atoms with E-state index in [0.717, 1.165) is 16.7 Å². The largest absolute Gasteiger partial charge is 0.508 e. The Balaban J connectivity index is 1.50. The topological polar surface area (TPSA) is 636 Å². The Bertz CT molecular complexity index is 4270. The number of carbonyl (C=O) groups is 17. The Hall–Kier alpha value is -11.2. The number of benzene rings is 2. The van der Waals surface area contributed by atoms with E-state index >= 15 is 19.2 Å². The van der Waals surface area contributed by atoms with Crippen LogP contribution in [-0.2, 0) is 103 Å². The van der Waals surface area contributed by atoms with Gasteiger partial charge in [0.15, 0.2) is 40.7 Å². The monoisotopic (exact) mass is 1680 g/mol. The van der Waals surface area contributed by atoms with Crippen LogP contribution in [0.2, 0.25) is 0 Å². The molecule has 2 aromatic heterocycles. The zero-order valence-corrected chi connectivity index (χ0v) is 67.5. The molecule has 2 aromatic carbocycles. The number of phenolic OH excluding ortho intramolecular Hbond substituents is 1. The number of hydrogen-bond acceptors (Lipinski definition) is 25.